The molecule has 1 heterocycles. The molecule has 2 N–H and O–H groups in total. The molecule has 2 aromatic rings. The largest absolute Gasteiger partial charge is 0.381 e. The van der Waals surface area contributed by atoms with Gasteiger partial charge in [-0.2, -0.15) is 0 Å². The van der Waals surface area contributed by atoms with Crippen molar-refractivity contribution < 1.29 is 9.18 Å². The van der Waals surface area contributed by atoms with Crippen molar-refractivity contribution in [3.63, 3.8) is 0 Å². The van der Waals surface area contributed by atoms with E-state index in [1.54, 1.807) is 18.2 Å². The summed E-state index contributed by atoms with van der Waals surface area (Å²) >= 11 is 0. The second-order valence-electron chi connectivity index (χ2n) is 4.97. The van der Waals surface area contributed by atoms with Gasteiger partial charge >= 0.3 is 0 Å². The highest BCUT2D eigenvalue weighted by Gasteiger charge is 2.14. The Morgan fingerprint density at radius 2 is 2.14 bits per heavy atom. The van der Waals surface area contributed by atoms with Gasteiger partial charge in [0.1, 0.15) is 11.5 Å². The Morgan fingerprint density at radius 1 is 1.38 bits per heavy atom. The van der Waals surface area contributed by atoms with Gasteiger partial charge in [-0.3, -0.25) is 15.2 Å². The molecule has 4 nitrogen and oxygen atoms in total. The number of carbonyl (C=O) groups excluding carboxylic acids is 1. The highest BCUT2D eigenvalue weighted by molar-refractivity contribution is 6.12. The Hall–Kier alpha value is -2.56. The molecule has 2 rings (SSSR count). The molecule has 21 heavy (non-hydrogen) atoms. The van der Waals surface area contributed by atoms with Gasteiger partial charge in [-0.1, -0.05) is 12.1 Å². The zero-order valence-corrected chi connectivity index (χ0v) is 11.9. The first-order valence-corrected chi connectivity index (χ1v) is 6.58. The summed E-state index contributed by atoms with van der Waals surface area (Å²) in [5.74, 6) is -0.403. The standard InChI is InChI=1S/C16H16FN3O/c1-10(2)20-14-6-11(9-21)8-19-16(14)15(18)12-4-3-5-13(17)7-12/h3-10,18,20H,1-2H3. The smallest absolute Gasteiger partial charge is 0.151 e. The van der Waals surface area contributed by atoms with Crippen LogP contribution >= 0.6 is 0 Å². The van der Waals surface area contributed by atoms with Crippen LogP contribution in [0.4, 0.5) is 10.1 Å². The molecule has 0 atom stereocenters. The maximum atomic E-state index is 13.3. The fourth-order valence-electron chi connectivity index (χ4n) is 1.95. The van der Waals surface area contributed by atoms with Crippen LogP contribution in [0.3, 0.4) is 0 Å². The zero-order valence-electron chi connectivity index (χ0n) is 11.9. The van der Waals surface area contributed by atoms with Crippen molar-refractivity contribution >= 4 is 17.7 Å². The maximum absolute atomic E-state index is 13.3. The third-order valence-electron chi connectivity index (χ3n) is 2.84. The Kier molecular flexibility index (Phi) is 4.42. The van der Waals surface area contributed by atoms with Gasteiger partial charge in [0.2, 0.25) is 0 Å². The topological polar surface area (TPSA) is 65.8 Å². The lowest BCUT2D eigenvalue weighted by atomic mass is 10.0. The average molecular weight is 285 g/mol. The molecule has 0 saturated carbocycles. The van der Waals surface area contributed by atoms with Crippen LogP contribution in [0.15, 0.2) is 36.5 Å². The molecule has 0 spiro atoms. The van der Waals surface area contributed by atoms with Gasteiger partial charge in [-0.05, 0) is 32.0 Å². The van der Waals surface area contributed by atoms with Crippen LogP contribution < -0.4 is 5.32 Å². The van der Waals surface area contributed by atoms with Crippen LogP contribution in [0.25, 0.3) is 0 Å². The van der Waals surface area contributed by atoms with Crippen molar-refractivity contribution in [1.29, 1.82) is 5.41 Å². The Bertz CT molecular complexity index is 683. The summed E-state index contributed by atoms with van der Waals surface area (Å²) < 4.78 is 13.3. The maximum Gasteiger partial charge on any atom is 0.151 e. The average Bonchev–Trinajstić information content (AvgIpc) is 2.46. The van der Waals surface area contributed by atoms with Gasteiger partial charge in [-0.25, -0.2) is 4.39 Å². The molecule has 0 radical (unpaired) electrons. The van der Waals surface area contributed by atoms with E-state index in [-0.39, 0.29) is 11.8 Å². The summed E-state index contributed by atoms with van der Waals surface area (Å²) in [5, 5.41) is 11.4. The second-order valence-corrected chi connectivity index (χ2v) is 4.97. The minimum atomic E-state index is -0.403. The molecule has 0 aliphatic heterocycles. The second kappa shape index (κ2) is 6.26. The lowest BCUT2D eigenvalue weighted by Gasteiger charge is -2.15. The van der Waals surface area contributed by atoms with Crippen molar-refractivity contribution in [3.8, 4) is 0 Å². The van der Waals surface area contributed by atoms with E-state index in [1.807, 2.05) is 13.8 Å². The molecule has 0 fully saturated rings. The monoisotopic (exact) mass is 285 g/mol. The molecule has 1 aromatic heterocycles. The number of aldehydes is 1. The molecule has 0 saturated heterocycles. The van der Waals surface area contributed by atoms with E-state index < -0.39 is 5.82 Å². The summed E-state index contributed by atoms with van der Waals surface area (Å²) in [7, 11) is 0. The van der Waals surface area contributed by atoms with Crippen LogP contribution in [0.1, 0.15) is 35.5 Å². The van der Waals surface area contributed by atoms with Gasteiger partial charge in [0.25, 0.3) is 0 Å². The van der Waals surface area contributed by atoms with Crippen LogP contribution in [0, 0.1) is 11.2 Å². The molecule has 0 aliphatic carbocycles. The Labute approximate surface area is 122 Å². The fourth-order valence-corrected chi connectivity index (χ4v) is 1.95. The molecular weight excluding hydrogens is 269 g/mol. The molecule has 108 valence electrons. The summed E-state index contributed by atoms with van der Waals surface area (Å²) in [4.78, 5) is 15.0. The number of anilines is 1. The molecule has 0 bridgehead atoms. The SMILES string of the molecule is CC(C)Nc1cc(C=O)cnc1C(=N)c1cccc(F)c1. The van der Waals surface area contributed by atoms with E-state index >= 15 is 0 Å². The summed E-state index contributed by atoms with van der Waals surface area (Å²) in [6.45, 7) is 3.90. The number of hydrogen-bond acceptors (Lipinski definition) is 4. The van der Waals surface area contributed by atoms with Crippen molar-refractivity contribution in [2.75, 3.05) is 5.32 Å². The minimum Gasteiger partial charge on any atom is -0.381 e. The zero-order chi connectivity index (χ0) is 15.4. The first kappa shape index (κ1) is 14.8. The first-order valence-electron chi connectivity index (χ1n) is 6.58. The fraction of sp³-hybridized carbons (Fsp3) is 0.188. The molecular formula is C16H16FN3O. The Morgan fingerprint density at radius 3 is 2.76 bits per heavy atom. The Balaban J connectivity index is 2.46. The number of rotatable bonds is 5. The van der Waals surface area contributed by atoms with E-state index in [4.69, 9.17) is 5.41 Å². The van der Waals surface area contributed by atoms with Gasteiger partial charge in [0, 0.05) is 23.4 Å². The van der Waals surface area contributed by atoms with Gasteiger partial charge < -0.3 is 5.32 Å². The van der Waals surface area contributed by atoms with Crippen molar-refractivity contribution in [1.82, 2.24) is 4.98 Å². The number of nitrogens with zero attached hydrogens (tertiary/aromatic N) is 1. The lowest BCUT2D eigenvalue weighted by molar-refractivity contribution is 0.112. The predicted octanol–water partition coefficient (Wildman–Crippen LogP) is 3.27. The van der Waals surface area contributed by atoms with E-state index in [1.165, 1.54) is 18.3 Å². The van der Waals surface area contributed by atoms with Gasteiger partial charge in [0.15, 0.2) is 6.29 Å². The third kappa shape index (κ3) is 3.51. The van der Waals surface area contributed by atoms with Crippen molar-refractivity contribution in [2.45, 2.75) is 19.9 Å². The number of hydrogen-bond donors (Lipinski definition) is 2. The van der Waals surface area contributed by atoms with Gasteiger partial charge in [0.05, 0.1) is 11.4 Å². The number of carbonyl (C=O) groups is 1. The molecule has 1 aromatic carbocycles. The number of nitrogens with one attached hydrogen (secondary N) is 2. The van der Waals surface area contributed by atoms with E-state index in [0.29, 0.717) is 28.8 Å². The summed E-state index contributed by atoms with van der Waals surface area (Å²) in [6.07, 6.45) is 2.11. The molecule has 0 amide bonds. The third-order valence-corrected chi connectivity index (χ3v) is 2.84. The van der Waals surface area contributed by atoms with E-state index in [2.05, 4.69) is 10.3 Å². The van der Waals surface area contributed by atoms with Crippen molar-refractivity contribution in [3.05, 3.63) is 59.2 Å². The lowest BCUT2D eigenvalue weighted by Crippen LogP contribution is -2.16. The number of halogens is 1. The quantitative estimate of drug-likeness (QED) is 0.654. The molecule has 0 unspecified atom stereocenters. The van der Waals surface area contributed by atoms with Crippen LogP contribution in [-0.4, -0.2) is 23.0 Å². The van der Waals surface area contributed by atoms with E-state index in [0.717, 1.165) is 0 Å². The highest BCUT2D eigenvalue weighted by Crippen LogP contribution is 2.19. The first-order chi connectivity index (χ1) is 10.0. The summed E-state index contributed by atoms with van der Waals surface area (Å²) in [5.41, 5.74) is 1.95. The number of benzene rings is 1. The van der Waals surface area contributed by atoms with Crippen LogP contribution in [0.2, 0.25) is 0 Å². The molecule has 5 heteroatoms. The van der Waals surface area contributed by atoms with E-state index in [9.17, 15) is 9.18 Å². The van der Waals surface area contributed by atoms with Crippen molar-refractivity contribution in [2.24, 2.45) is 0 Å². The summed E-state index contributed by atoms with van der Waals surface area (Å²) in [6, 6.07) is 7.58. The van der Waals surface area contributed by atoms with Crippen LogP contribution in [-0.2, 0) is 0 Å². The molecule has 0 aliphatic rings. The van der Waals surface area contributed by atoms with Gasteiger partial charge in [-0.15, -0.1) is 0 Å². The minimum absolute atomic E-state index is 0.107. The predicted molar refractivity (Wildman–Crippen MR) is 80.7 cm³/mol. The number of aromatic nitrogens is 1. The number of pyridine rings is 1. The normalized spacial score (nSPS) is 10.5. The highest BCUT2D eigenvalue weighted by atomic mass is 19.1. The van der Waals surface area contributed by atoms with Crippen LogP contribution in [0.5, 0.6) is 0 Å².